The van der Waals surface area contributed by atoms with Crippen LogP contribution >= 0.6 is 0 Å². The van der Waals surface area contributed by atoms with Gasteiger partial charge < -0.3 is 15.0 Å². The number of nitrogens with zero attached hydrogens (tertiary/aromatic N) is 2. The highest BCUT2D eigenvalue weighted by Crippen LogP contribution is 2.12. The van der Waals surface area contributed by atoms with Gasteiger partial charge >= 0.3 is 6.03 Å². The van der Waals surface area contributed by atoms with Crippen LogP contribution in [-0.2, 0) is 0 Å². The molecule has 0 bridgehead atoms. The Hall–Kier alpha value is -2.56. The summed E-state index contributed by atoms with van der Waals surface area (Å²) in [6.45, 7) is 2.96. The molecule has 1 heterocycles. The number of benzene rings is 1. The summed E-state index contributed by atoms with van der Waals surface area (Å²) in [6.07, 6.45) is 3.27. The molecule has 1 aromatic carbocycles. The minimum absolute atomic E-state index is 0.184. The van der Waals surface area contributed by atoms with E-state index in [0.29, 0.717) is 18.8 Å². The Morgan fingerprint density at radius 3 is 2.90 bits per heavy atom. The molecule has 5 nitrogen and oxygen atoms in total. The molecular formula is C16H19N3O2. The number of anilines is 1. The first-order valence-corrected chi connectivity index (χ1v) is 6.77. The summed E-state index contributed by atoms with van der Waals surface area (Å²) in [7, 11) is 1.73. The van der Waals surface area contributed by atoms with Crippen molar-refractivity contribution in [2.75, 3.05) is 25.5 Å². The zero-order valence-electron chi connectivity index (χ0n) is 12.2. The number of amides is 2. The number of hydrogen-bond donors (Lipinski definition) is 1. The first kappa shape index (κ1) is 14.8. The van der Waals surface area contributed by atoms with Crippen LogP contribution in [0, 0.1) is 6.92 Å². The summed E-state index contributed by atoms with van der Waals surface area (Å²) < 4.78 is 5.62. The maximum absolute atomic E-state index is 11.9. The fraction of sp³-hybridized carbons (Fsp3) is 0.250. The predicted molar refractivity (Wildman–Crippen MR) is 82.6 cm³/mol. The van der Waals surface area contributed by atoms with Crippen LogP contribution in [0.1, 0.15) is 5.56 Å². The average molecular weight is 285 g/mol. The highest BCUT2D eigenvalue weighted by molar-refractivity contribution is 5.88. The summed E-state index contributed by atoms with van der Waals surface area (Å²) in [5.41, 5.74) is 1.82. The molecule has 5 heteroatoms. The van der Waals surface area contributed by atoms with Gasteiger partial charge in [-0.2, -0.15) is 0 Å². The van der Waals surface area contributed by atoms with Gasteiger partial charge in [-0.15, -0.1) is 0 Å². The molecule has 2 amide bonds. The van der Waals surface area contributed by atoms with E-state index in [-0.39, 0.29) is 6.03 Å². The Bertz CT molecular complexity index is 587. The van der Waals surface area contributed by atoms with Crippen LogP contribution in [0.5, 0.6) is 5.75 Å². The standard InChI is InChI=1S/C16H19N3O2/c1-13-5-3-7-15(11-13)21-10-9-19(2)16(20)18-14-6-4-8-17-12-14/h3-8,11-12H,9-10H2,1-2H3,(H,18,20). The Balaban J connectivity index is 1.76. The lowest BCUT2D eigenvalue weighted by Crippen LogP contribution is -2.34. The van der Waals surface area contributed by atoms with Crippen LogP contribution in [0.15, 0.2) is 48.8 Å². The molecular weight excluding hydrogens is 266 g/mol. The second kappa shape index (κ2) is 7.28. The Kier molecular flexibility index (Phi) is 5.15. The van der Waals surface area contributed by atoms with E-state index in [1.165, 1.54) is 0 Å². The molecule has 110 valence electrons. The van der Waals surface area contributed by atoms with Gasteiger partial charge in [-0.25, -0.2) is 4.79 Å². The van der Waals surface area contributed by atoms with Crippen molar-refractivity contribution in [3.05, 3.63) is 54.4 Å². The lowest BCUT2D eigenvalue weighted by atomic mass is 10.2. The molecule has 21 heavy (non-hydrogen) atoms. The smallest absolute Gasteiger partial charge is 0.321 e. The Morgan fingerprint density at radius 1 is 1.33 bits per heavy atom. The molecule has 0 radical (unpaired) electrons. The van der Waals surface area contributed by atoms with Gasteiger partial charge in [0.25, 0.3) is 0 Å². The predicted octanol–water partition coefficient (Wildman–Crippen LogP) is 2.93. The number of rotatable bonds is 5. The van der Waals surface area contributed by atoms with Crippen LogP contribution in [0.2, 0.25) is 0 Å². The molecule has 2 aromatic rings. The number of aryl methyl sites for hydroxylation is 1. The van der Waals surface area contributed by atoms with Gasteiger partial charge in [-0.05, 0) is 36.8 Å². The van der Waals surface area contributed by atoms with E-state index in [1.54, 1.807) is 36.5 Å². The maximum atomic E-state index is 11.9. The van der Waals surface area contributed by atoms with E-state index in [9.17, 15) is 4.79 Å². The molecule has 0 aliphatic heterocycles. The summed E-state index contributed by atoms with van der Waals surface area (Å²) in [5.74, 6) is 0.816. The largest absolute Gasteiger partial charge is 0.492 e. The molecule has 0 saturated carbocycles. The Labute approximate surface area is 124 Å². The molecule has 0 aliphatic carbocycles. The van der Waals surface area contributed by atoms with E-state index >= 15 is 0 Å². The van der Waals surface area contributed by atoms with Crippen LogP contribution < -0.4 is 10.1 Å². The molecule has 0 unspecified atom stereocenters. The van der Waals surface area contributed by atoms with Gasteiger partial charge in [-0.1, -0.05) is 12.1 Å². The minimum Gasteiger partial charge on any atom is -0.492 e. The first-order chi connectivity index (χ1) is 10.1. The van der Waals surface area contributed by atoms with Crippen molar-refractivity contribution in [2.45, 2.75) is 6.92 Å². The lowest BCUT2D eigenvalue weighted by Gasteiger charge is -2.18. The summed E-state index contributed by atoms with van der Waals surface area (Å²) in [6, 6.07) is 11.2. The van der Waals surface area contributed by atoms with Gasteiger partial charge in [0.05, 0.1) is 18.4 Å². The van der Waals surface area contributed by atoms with Gasteiger partial charge in [0.15, 0.2) is 0 Å². The van der Waals surface area contributed by atoms with Crippen molar-refractivity contribution in [1.82, 2.24) is 9.88 Å². The number of hydrogen-bond acceptors (Lipinski definition) is 3. The second-order valence-electron chi connectivity index (χ2n) is 4.76. The highest BCUT2D eigenvalue weighted by Gasteiger charge is 2.08. The summed E-state index contributed by atoms with van der Waals surface area (Å²) >= 11 is 0. The van der Waals surface area contributed by atoms with Gasteiger partial charge in [0, 0.05) is 13.2 Å². The number of nitrogens with one attached hydrogen (secondary N) is 1. The number of ether oxygens (including phenoxy) is 1. The van der Waals surface area contributed by atoms with Crippen molar-refractivity contribution >= 4 is 11.7 Å². The highest BCUT2D eigenvalue weighted by atomic mass is 16.5. The summed E-state index contributed by atoms with van der Waals surface area (Å²) in [4.78, 5) is 17.5. The van der Waals surface area contributed by atoms with E-state index in [2.05, 4.69) is 10.3 Å². The fourth-order valence-electron chi connectivity index (χ4n) is 1.76. The molecule has 2 rings (SSSR count). The van der Waals surface area contributed by atoms with Crippen molar-refractivity contribution in [2.24, 2.45) is 0 Å². The third-order valence-corrected chi connectivity index (χ3v) is 2.94. The molecule has 0 saturated heterocycles. The third kappa shape index (κ3) is 4.80. The van der Waals surface area contributed by atoms with Crippen molar-refractivity contribution in [3.63, 3.8) is 0 Å². The molecule has 1 N–H and O–H groups in total. The van der Waals surface area contributed by atoms with Crippen LogP contribution in [-0.4, -0.2) is 36.1 Å². The van der Waals surface area contributed by atoms with Crippen LogP contribution in [0.3, 0.4) is 0 Å². The third-order valence-electron chi connectivity index (χ3n) is 2.94. The molecule has 0 aliphatic rings. The van der Waals surface area contributed by atoms with Gasteiger partial charge in [0.2, 0.25) is 0 Å². The number of aromatic nitrogens is 1. The van der Waals surface area contributed by atoms with Crippen molar-refractivity contribution in [3.8, 4) is 5.75 Å². The second-order valence-corrected chi connectivity index (χ2v) is 4.76. The van der Waals surface area contributed by atoms with Crippen LogP contribution in [0.4, 0.5) is 10.5 Å². The fourth-order valence-corrected chi connectivity index (χ4v) is 1.76. The SMILES string of the molecule is Cc1cccc(OCCN(C)C(=O)Nc2cccnc2)c1. The summed E-state index contributed by atoms with van der Waals surface area (Å²) in [5, 5.41) is 2.77. The lowest BCUT2D eigenvalue weighted by molar-refractivity contribution is 0.207. The zero-order valence-corrected chi connectivity index (χ0v) is 12.2. The topological polar surface area (TPSA) is 54.5 Å². The first-order valence-electron chi connectivity index (χ1n) is 6.77. The van der Waals surface area contributed by atoms with Crippen molar-refractivity contribution in [1.29, 1.82) is 0 Å². The minimum atomic E-state index is -0.184. The van der Waals surface area contributed by atoms with Crippen LogP contribution in [0.25, 0.3) is 0 Å². The number of urea groups is 1. The maximum Gasteiger partial charge on any atom is 0.321 e. The van der Waals surface area contributed by atoms with Gasteiger partial charge in [-0.3, -0.25) is 4.98 Å². The number of carbonyl (C=O) groups is 1. The van der Waals surface area contributed by atoms with Crippen molar-refractivity contribution < 1.29 is 9.53 Å². The average Bonchev–Trinajstić information content (AvgIpc) is 2.48. The number of carbonyl (C=O) groups excluding carboxylic acids is 1. The van der Waals surface area contributed by atoms with E-state index in [0.717, 1.165) is 11.3 Å². The number of pyridine rings is 1. The van der Waals surface area contributed by atoms with E-state index < -0.39 is 0 Å². The molecule has 1 aromatic heterocycles. The van der Waals surface area contributed by atoms with Gasteiger partial charge in [0.1, 0.15) is 12.4 Å². The zero-order chi connectivity index (χ0) is 15.1. The molecule has 0 atom stereocenters. The monoisotopic (exact) mass is 285 g/mol. The number of likely N-dealkylation sites (N-methyl/N-ethyl adjacent to an activating group) is 1. The molecule has 0 spiro atoms. The van der Waals surface area contributed by atoms with E-state index in [4.69, 9.17) is 4.74 Å². The Morgan fingerprint density at radius 2 is 2.19 bits per heavy atom. The molecule has 0 fully saturated rings. The quantitative estimate of drug-likeness (QED) is 0.919. The normalized spacial score (nSPS) is 10.0. The van der Waals surface area contributed by atoms with E-state index in [1.807, 2.05) is 31.2 Å².